The van der Waals surface area contributed by atoms with E-state index in [1.807, 2.05) is 13.8 Å². The van der Waals surface area contributed by atoms with Crippen LogP contribution in [0, 0.1) is 19.7 Å². The second kappa shape index (κ2) is 9.85. The van der Waals surface area contributed by atoms with Crippen LogP contribution >= 0.6 is 15.9 Å². The standard InChI is InChI=1S/C25H25BrFN3O3S/c1-17-7-8-18(2)24(15-17)29-11-13-30(14-12-29)34(32,33)19-9-10-22(27)20(16-19)25(31)28-23-6-4-3-5-21(23)26/h3-10,15-16H,11-14H2,1-2H3,(H,28,31). The van der Waals surface area contributed by atoms with Crippen molar-refractivity contribution in [2.24, 2.45) is 0 Å². The van der Waals surface area contributed by atoms with Crippen LogP contribution in [0.4, 0.5) is 15.8 Å². The Bertz CT molecular complexity index is 1340. The molecule has 34 heavy (non-hydrogen) atoms. The number of amides is 1. The predicted octanol–water partition coefficient (Wildman–Crippen LogP) is 4.97. The zero-order valence-corrected chi connectivity index (χ0v) is 21.3. The van der Waals surface area contributed by atoms with E-state index in [1.165, 1.54) is 10.4 Å². The fraction of sp³-hybridized carbons (Fsp3) is 0.240. The molecule has 1 amide bonds. The molecule has 1 aliphatic rings. The van der Waals surface area contributed by atoms with Crippen LogP contribution in [0.3, 0.4) is 0 Å². The monoisotopic (exact) mass is 545 g/mol. The molecule has 0 atom stereocenters. The van der Waals surface area contributed by atoms with Crippen molar-refractivity contribution in [3.05, 3.63) is 87.6 Å². The van der Waals surface area contributed by atoms with Crippen LogP contribution in [0.5, 0.6) is 0 Å². The van der Waals surface area contributed by atoms with Gasteiger partial charge in [-0.2, -0.15) is 4.31 Å². The van der Waals surface area contributed by atoms with Crippen molar-refractivity contribution in [2.45, 2.75) is 18.7 Å². The van der Waals surface area contributed by atoms with Crippen LogP contribution in [-0.4, -0.2) is 44.8 Å². The van der Waals surface area contributed by atoms with Crippen LogP contribution in [0.15, 0.2) is 70.0 Å². The lowest BCUT2D eigenvalue weighted by molar-refractivity contribution is 0.102. The van der Waals surface area contributed by atoms with Crippen molar-refractivity contribution in [1.82, 2.24) is 4.31 Å². The summed E-state index contributed by atoms with van der Waals surface area (Å²) >= 11 is 3.33. The van der Waals surface area contributed by atoms with Gasteiger partial charge < -0.3 is 10.2 Å². The molecule has 9 heteroatoms. The number of anilines is 2. The number of nitrogens with one attached hydrogen (secondary N) is 1. The lowest BCUT2D eigenvalue weighted by Gasteiger charge is -2.36. The molecule has 0 unspecified atom stereocenters. The van der Waals surface area contributed by atoms with Crippen molar-refractivity contribution in [1.29, 1.82) is 0 Å². The van der Waals surface area contributed by atoms with Gasteiger partial charge in [-0.25, -0.2) is 12.8 Å². The van der Waals surface area contributed by atoms with E-state index in [9.17, 15) is 17.6 Å². The number of aryl methyl sites for hydroxylation is 2. The third kappa shape index (κ3) is 5.01. The Morgan fingerprint density at radius 3 is 2.38 bits per heavy atom. The van der Waals surface area contributed by atoms with Gasteiger partial charge in [0.1, 0.15) is 5.82 Å². The molecule has 1 N–H and O–H groups in total. The van der Waals surface area contributed by atoms with Crippen LogP contribution in [0.25, 0.3) is 0 Å². The van der Waals surface area contributed by atoms with Gasteiger partial charge in [0.25, 0.3) is 5.91 Å². The van der Waals surface area contributed by atoms with Crippen LogP contribution in [-0.2, 0) is 10.0 Å². The highest BCUT2D eigenvalue weighted by Crippen LogP contribution is 2.27. The molecule has 0 saturated carbocycles. The van der Waals surface area contributed by atoms with E-state index < -0.39 is 21.7 Å². The van der Waals surface area contributed by atoms with Crippen molar-refractivity contribution in [2.75, 3.05) is 36.4 Å². The number of hydrogen-bond acceptors (Lipinski definition) is 4. The molecule has 1 heterocycles. The highest BCUT2D eigenvalue weighted by atomic mass is 79.9. The van der Waals surface area contributed by atoms with Gasteiger partial charge in [0.05, 0.1) is 16.1 Å². The predicted molar refractivity (Wildman–Crippen MR) is 135 cm³/mol. The van der Waals surface area contributed by atoms with Gasteiger partial charge in [-0.3, -0.25) is 4.79 Å². The molecule has 1 saturated heterocycles. The topological polar surface area (TPSA) is 69.7 Å². The maximum Gasteiger partial charge on any atom is 0.258 e. The number of piperazine rings is 1. The largest absolute Gasteiger partial charge is 0.369 e. The molecule has 0 radical (unpaired) electrons. The molecule has 3 aromatic carbocycles. The lowest BCUT2D eigenvalue weighted by atomic mass is 10.1. The van der Waals surface area contributed by atoms with Gasteiger partial charge in [0.2, 0.25) is 10.0 Å². The normalized spacial score (nSPS) is 14.8. The SMILES string of the molecule is Cc1ccc(C)c(N2CCN(S(=O)(=O)c3ccc(F)c(C(=O)Nc4ccccc4Br)c3)CC2)c1. The van der Waals surface area contributed by atoms with Crippen molar-refractivity contribution in [3.8, 4) is 0 Å². The Balaban J connectivity index is 1.52. The van der Waals surface area contributed by atoms with E-state index in [0.717, 1.165) is 28.9 Å². The Morgan fingerprint density at radius 2 is 1.68 bits per heavy atom. The Hall–Kier alpha value is -2.75. The molecule has 178 valence electrons. The van der Waals surface area contributed by atoms with Crippen LogP contribution < -0.4 is 10.2 Å². The molecule has 3 aromatic rings. The van der Waals surface area contributed by atoms with E-state index in [0.29, 0.717) is 36.3 Å². The number of halogens is 2. The maximum atomic E-state index is 14.5. The smallest absolute Gasteiger partial charge is 0.258 e. The first kappa shape index (κ1) is 24.4. The fourth-order valence-electron chi connectivity index (χ4n) is 3.97. The number of rotatable bonds is 5. The zero-order chi connectivity index (χ0) is 24.5. The first-order valence-electron chi connectivity index (χ1n) is 10.8. The maximum absolute atomic E-state index is 14.5. The summed E-state index contributed by atoms with van der Waals surface area (Å²) in [4.78, 5) is 14.8. The first-order chi connectivity index (χ1) is 16.2. The number of nitrogens with zero attached hydrogens (tertiary/aromatic N) is 2. The van der Waals surface area contributed by atoms with Gasteiger partial charge in [0, 0.05) is 36.3 Å². The van der Waals surface area contributed by atoms with E-state index in [1.54, 1.807) is 24.3 Å². The fourth-order valence-corrected chi connectivity index (χ4v) is 5.80. The van der Waals surface area contributed by atoms with Gasteiger partial charge in [-0.05, 0) is 77.3 Å². The van der Waals surface area contributed by atoms with Gasteiger partial charge >= 0.3 is 0 Å². The summed E-state index contributed by atoms with van der Waals surface area (Å²) in [5, 5.41) is 2.62. The Morgan fingerprint density at radius 1 is 0.971 bits per heavy atom. The number of sulfonamides is 1. The summed E-state index contributed by atoms with van der Waals surface area (Å²) in [7, 11) is -3.89. The van der Waals surface area contributed by atoms with Gasteiger partial charge in [-0.15, -0.1) is 0 Å². The summed E-state index contributed by atoms with van der Waals surface area (Å²) in [5.41, 5.74) is 3.52. The molecule has 4 rings (SSSR count). The molecular formula is C25H25BrFN3O3S. The molecule has 1 fully saturated rings. The minimum Gasteiger partial charge on any atom is -0.369 e. The number of carbonyl (C=O) groups is 1. The summed E-state index contributed by atoms with van der Waals surface area (Å²) < 4.78 is 43.1. The summed E-state index contributed by atoms with van der Waals surface area (Å²) in [5.74, 6) is -1.51. The summed E-state index contributed by atoms with van der Waals surface area (Å²) in [6, 6.07) is 16.5. The number of carbonyl (C=O) groups excluding carboxylic acids is 1. The van der Waals surface area contributed by atoms with E-state index in [2.05, 4.69) is 44.3 Å². The number of para-hydroxylation sites is 1. The molecule has 6 nitrogen and oxygen atoms in total. The Kier molecular flexibility index (Phi) is 7.06. The summed E-state index contributed by atoms with van der Waals surface area (Å²) in [6.45, 7) is 5.75. The van der Waals surface area contributed by atoms with Gasteiger partial charge in [-0.1, -0.05) is 24.3 Å². The highest BCUT2D eigenvalue weighted by molar-refractivity contribution is 9.10. The Labute approximate surface area is 207 Å². The van der Waals surface area contributed by atoms with Crippen LogP contribution in [0.2, 0.25) is 0 Å². The average Bonchev–Trinajstić information content (AvgIpc) is 2.82. The second-order valence-electron chi connectivity index (χ2n) is 8.26. The molecule has 0 spiro atoms. The number of benzene rings is 3. The third-order valence-corrected chi connectivity index (χ3v) is 8.47. The first-order valence-corrected chi connectivity index (χ1v) is 13.1. The highest BCUT2D eigenvalue weighted by Gasteiger charge is 2.30. The van der Waals surface area contributed by atoms with E-state index >= 15 is 0 Å². The molecule has 0 aliphatic carbocycles. The molecule has 0 aromatic heterocycles. The van der Waals surface area contributed by atoms with Crippen LogP contribution in [0.1, 0.15) is 21.5 Å². The second-order valence-corrected chi connectivity index (χ2v) is 11.0. The van der Waals surface area contributed by atoms with Crippen molar-refractivity contribution < 1.29 is 17.6 Å². The number of hydrogen-bond donors (Lipinski definition) is 1. The van der Waals surface area contributed by atoms with E-state index in [4.69, 9.17) is 0 Å². The average molecular weight is 546 g/mol. The minimum atomic E-state index is -3.89. The van der Waals surface area contributed by atoms with E-state index in [-0.39, 0.29) is 10.5 Å². The van der Waals surface area contributed by atoms with Crippen molar-refractivity contribution in [3.63, 3.8) is 0 Å². The third-order valence-electron chi connectivity index (χ3n) is 5.89. The van der Waals surface area contributed by atoms with Crippen molar-refractivity contribution >= 4 is 43.2 Å². The van der Waals surface area contributed by atoms with Gasteiger partial charge in [0.15, 0.2) is 0 Å². The zero-order valence-electron chi connectivity index (χ0n) is 18.9. The molecular weight excluding hydrogens is 521 g/mol. The molecule has 0 bridgehead atoms. The summed E-state index contributed by atoms with van der Waals surface area (Å²) in [6.07, 6.45) is 0. The minimum absolute atomic E-state index is 0.105. The lowest BCUT2D eigenvalue weighted by Crippen LogP contribution is -2.48. The quantitative estimate of drug-likeness (QED) is 0.491. The molecule has 1 aliphatic heterocycles.